The van der Waals surface area contributed by atoms with E-state index in [0.717, 1.165) is 30.9 Å². The van der Waals surface area contributed by atoms with E-state index in [4.69, 9.17) is 5.73 Å². The summed E-state index contributed by atoms with van der Waals surface area (Å²) in [7, 11) is 0. The van der Waals surface area contributed by atoms with Gasteiger partial charge in [0.15, 0.2) is 0 Å². The second-order valence-corrected chi connectivity index (χ2v) is 7.15. The molecule has 0 bridgehead atoms. The molecule has 0 saturated carbocycles. The van der Waals surface area contributed by atoms with E-state index in [1.165, 1.54) is 11.3 Å². The maximum absolute atomic E-state index is 12.0. The minimum atomic E-state index is -0.194. The van der Waals surface area contributed by atoms with E-state index >= 15 is 0 Å². The summed E-state index contributed by atoms with van der Waals surface area (Å²) >= 11 is 1.33. The SMILES string of the molecule is CCNC(=O)c1sc(N2CCC(C)(C)CC2)c(C#N)c1N. The van der Waals surface area contributed by atoms with Crippen molar-refractivity contribution in [2.75, 3.05) is 30.3 Å². The van der Waals surface area contributed by atoms with Gasteiger partial charge >= 0.3 is 0 Å². The van der Waals surface area contributed by atoms with Crippen molar-refractivity contribution >= 4 is 27.9 Å². The molecule has 1 amide bonds. The fourth-order valence-electron chi connectivity index (χ4n) is 2.49. The quantitative estimate of drug-likeness (QED) is 0.899. The number of hydrogen-bond acceptors (Lipinski definition) is 5. The average Bonchev–Trinajstić information content (AvgIpc) is 2.76. The number of carbonyl (C=O) groups excluding carboxylic acids is 1. The van der Waals surface area contributed by atoms with E-state index in [9.17, 15) is 10.1 Å². The number of nitrogens with one attached hydrogen (secondary N) is 1. The van der Waals surface area contributed by atoms with E-state index < -0.39 is 0 Å². The van der Waals surface area contributed by atoms with Gasteiger partial charge in [0, 0.05) is 19.6 Å². The minimum Gasteiger partial charge on any atom is -0.396 e. The van der Waals surface area contributed by atoms with Crippen molar-refractivity contribution in [3.8, 4) is 6.07 Å². The Morgan fingerprint density at radius 2 is 2.10 bits per heavy atom. The topological polar surface area (TPSA) is 82.2 Å². The zero-order chi connectivity index (χ0) is 15.6. The summed E-state index contributed by atoms with van der Waals surface area (Å²) in [5.74, 6) is -0.194. The van der Waals surface area contributed by atoms with Crippen LogP contribution in [0.15, 0.2) is 0 Å². The summed E-state index contributed by atoms with van der Waals surface area (Å²) < 4.78 is 0. The molecule has 0 unspecified atom stereocenters. The third-order valence-electron chi connectivity index (χ3n) is 3.99. The molecule has 3 N–H and O–H groups in total. The molecule has 1 aromatic rings. The normalized spacial score (nSPS) is 17.3. The largest absolute Gasteiger partial charge is 0.396 e. The fraction of sp³-hybridized carbons (Fsp3) is 0.600. The highest BCUT2D eigenvalue weighted by molar-refractivity contribution is 7.19. The van der Waals surface area contributed by atoms with Crippen LogP contribution >= 0.6 is 11.3 Å². The van der Waals surface area contributed by atoms with Crippen molar-refractivity contribution in [3.05, 3.63) is 10.4 Å². The molecule has 1 aliphatic heterocycles. The predicted octanol–water partition coefficient (Wildman–Crippen LogP) is 2.58. The van der Waals surface area contributed by atoms with Crippen LogP contribution in [-0.2, 0) is 0 Å². The van der Waals surface area contributed by atoms with Crippen molar-refractivity contribution in [3.63, 3.8) is 0 Å². The highest BCUT2D eigenvalue weighted by atomic mass is 32.1. The first-order chi connectivity index (χ1) is 9.89. The van der Waals surface area contributed by atoms with Crippen LogP contribution < -0.4 is 16.0 Å². The van der Waals surface area contributed by atoms with Gasteiger partial charge in [-0.3, -0.25) is 4.79 Å². The van der Waals surface area contributed by atoms with Gasteiger partial charge in [-0.15, -0.1) is 11.3 Å². The van der Waals surface area contributed by atoms with Crippen molar-refractivity contribution in [1.29, 1.82) is 5.26 Å². The van der Waals surface area contributed by atoms with Gasteiger partial charge in [0.25, 0.3) is 5.91 Å². The molecule has 0 aliphatic carbocycles. The lowest BCUT2D eigenvalue weighted by molar-refractivity contribution is 0.0960. The van der Waals surface area contributed by atoms with Crippen LogP contribution in [0.1, 0.15) is 48.8 Å². The molecule has 5 nitrogen and oxygen atoms in total. The Balaban J connectivity index is 2.30. The molecule has 0 radical (unpaired) electrons. The van der Waals surface area contributed by atoms with Crippen LogP contribution in [0.5, 0.6) is 0 Å². The number of rotatable bonds is 3. The van der Waals surface area contributed by atoms with Crippen LogP contribution in [0, 0.1) is 16.7 Å². The number of thiophene rings is 1. The van der Waals surface area contributed by atoms with Crippen molar-refractivity contribution < 1.29 is 4.79 Å². The van der Waals surface area contributed by atoms with Crippen LogP contribution in [0.3, 0.4) is 0 Å². The third-order valence-corrected chi connectivity index (χ3v) is 5.25. The number of piperidine rings is 1. The standard InChI is InChI=1S/C15H22N4OS/c1-4-18-13(20)12-11(17)10(9-16)14(21-12)19-7-5-15(2,3)6-8-19/h4-8,17H2,1-3H3,(H,18,20). The van der Waals surface area contributed by atoms with Gasteiger partial charge in [0.05, 0.1) is 5.69 Å². The zero-order valence-electron chi connectivity index (χ0n) is 12.8. The molecule has 6 heteroatoms. The molecule has 0 spiro atoms. The fourth-order valence-corrected chi connectivity index (χ4v) is 3.63. The maximum Gasteiger partial charge on any atom is 0.263 e. The van der Waals surface area contributed by atoms with Gasteiger partial charge in [-0.25, -0.2) is 0 Å². The molecule has 1 fully saturated rings. The van der Waals surface area contributed by atoms with Gasteiger partial charge < -0.3 is 16.0 Å². The average molecular weight is 306 g/mol. The molecule has 2 rings (SSSR count). The van der Waals surface area contributed by atoms with Gasteiger partial charge in [-0.2, -0.15) is 5.26 Å². The number of anilines is 2. The van der Waals surface area contributed by atoms with Crippen LogP contribution in [-0.4, -0.2) is 25.5 Å². The maximum atomic E-state index is 12.0. The molecule has 1 aliphatic rings. The number of nitrogens with zero attached hydrogens (tertiary/aromatic N) is 2. The monoisotopic (exact) mass is 306 g/mol. The van der Waals surface area contributed by atoms with Gasteiger partial charge in [-0.05, 0) is 25.2 Å². The Kier molecular flexibility index (Phi) is 4.43. The second-order valence-electron chi connectivity index (χ2n) is 6.15. The highest BCUT2D eigenvalue weighted by Crippen LogP contribution is 2.41. The Hall–Kier alpha value is -1.74. The van der Waals surface area contributed by atoms with Gasteiger partial charge in [0.2, 0.25) is 0 Å². The van der Waals surface area contributed by atoms with Gasteiger partial charge in [-0.1, -0.05) is 13.8 Å². The first kappa shape index (κ1) is 15.6. The summed E-state index contributed by atoms with van der Waals surface area (Å²) in [5.41, 5.74) is 7.11. The third kappa shape index (κ3) is 3.13. The molecular weight excluding hydrogens is 284 g/mol. The van der Waals surface area contributed by atoms with Crippen LogP contribution in [0.25, 0.3) is 0 Å². The number of amides is 1. The molecule has 1 saturated heterocycles. The highest BCUT2D eigenvalue weighted by Gasteiger charge is 2.30. The van der Waals surface area contributed by atoms with Crippen molar-refractivity contribution in [2.45, 2.75) is 33.6 Å². The smallest absolute Gasteiger partial charge is 0.263 e. The summed E-state index contributed by atoms with van der Waals surface area (Å²) in [6.45, 7) is 8.73. The van der Waals surface area contributed by atoms with E-state index in [-0.39, 0.29) is 5.91 Å². The Morgan fingerprint density at radius 3 is 2.62 bits per heavy atom. The molecule has 21 heavy (non-hydrogen) atoms. The second kappa shape index (κ2) is 5.94. The summed E-state index contributed by atoms with van der Waals surface area (Å²) in [6.07, 6.45) is 2.15. The minimum absolute atomic E-state index is 0.194. The number of carbonyl (C=O) groups is 1. The first-order valence-corrected chi connectivity index (χ1v) is 8.06. The van der Waals surface area contributed by atoms with Crippen LogP contribution in [0.2, 0.25) is 0 Å². The van der Waals surface area contributed by atoms with E-state index in [1.54, 1.807) is 0 Å². The summed E-state index contributed by atoms with van der Waals surface area (Å²) in [5, 5.41) is 13.0. The number of nitriles is 1. The number of nitrogens with two attached hydrogens (primary N) is 1. The Labute approximate surface area is 129 Å². The summed E-state index contributed by atoms with van der Waals surface area (Å²) in [4.78, 5) is 14.7. The van der Waals surface area contributed by atoms with E-state index in [1.807, 2.05) is 6.92 Å². The zero-order valence-corrected chi connectivity index (χ0v) is 13.6. The number of hydrogen-bond donors (Lipinski definition) is 2. The number of nitrogen functional groups attached to an aromatic ring is 1. The lowest BCUT2D eigenvalue weighted by Crippen LogP contribution is -2.37. The lowest BCUT2D eigenvalue weighted by atomic mass is 9.83. The molecule has 0 atom stereocenters. The molecule has 1 aromatic heterocycles. The molecule has 0 aromatic carbocycles. The Morgan fingerprint density at radius 1 is 1.48 bits per heavy atom. The van der Waals surface area contributed by atoms with E-state index in [0.29, 0.717) is 28.1 Å². The van der Waals surface area contributed by atoms with E-state index in [2.05, 4.69) is 30.1 Å². The molecular formula is C15H22N4OS. The van der Waals surface area contributed by atoms with Crippen molar-refractivity contribution in [1.82, 2.24) is 5.32 Å². The first-order valence-electron chi connectivity index (χ1n) is 7.25. The molecule has 114 valence electrons. The van der Waals surface area contributed by atoms with Gasteiger partial charge in [0.1, 0.15) is 21.5 Å². The predicted molar refractivity (Wildman–Crippen MR) is 86.7 cm³/mol. The van der Waals surface area contributed by atoms with Crippen molar-refractivity contribution in [2.24, 2.45) is 5.41 Å². The lowest BCUT2D eigenvalue weighted by Gasteiger charge is -2.37. The van der Waals surface area contributed by atoms with Crippen LogP contribution in [0.4, 0.5) is 10.7 Å². The Bertz CT molecular complexity index is 575. The summed E-state index contributed by atoms with van der Waals surface area (Å²) in [6, 6.07) is 2.16. The molecule has 2 heterocycles.